The van der Waals surface area contributed by atoms with Crippen molar-refractivity contribution in [1.82, 2.24) is 0 Å². The van der Waals surface area contributed by atoms with E-state index in [0.717, 1.165) is 6.07 Å². The Bertz CT molecular complexity index is 435. The molecule has 0 fully saturated rings. The fraction of sp³-hybridized carbons (Fsp3) is 0.182. The standard InChI is InChI=1S/C11H8BrF2NO/c1-2-5-16-10-6-9(11(12,13)14)4-3-8(10)7-15/h2-4,6H,1,5H2. The number of hydrogen-bond donors (Lipinski definition) is 0. The molecule has 2 nitrogen and oxygen atoms in total. The van der Waals surface area contributed by atoms with E-state index in [2.05, 4.69) is 22.5 Å². The molecule has 0 unspecified atom stereocenters. The smallest absolute Gasteiger partial charge is 0.326 e. The van der Waals surface area contributed by atoms with Gasteiger partial charge in [0.15, 0.2) is 0 Å². The van der Waals surface area contributed by atoms with Crippen molar-refractivity contribution in [3.05, 3.63) is 42.0 Å². The Balaban J connectivity index is 3.12. The van der Waals surface area contributed by atoms with E-state index in [1.54, 1.807) is 0 Å². The van der Waals surface area contributed by atoms with Crippen LogP contribution in [0.2, 0.25) is 0 Å². The minimum absolute atomic E-state index is 0.124. The number of hydrogen-bond acceptors (Lipinski definition) is 2. The summed E-state index contributed by atoms with van der Waals surface area (Å²) in [4.78, 5) is -3.13. The van der Waals surface area contributed by atoms with Crippen molar-refractivity contribution in [3.63, 3.8) is 0 Å². The van der Waals surface area contributed by atoms with Crippen LogP contribution in [-0.2, 0) is 4.83 Å². The van der Waals surface area contributed by atoms with Crippen LogP contribution < -0.4 is 4.74 Å². The molecule has 16 heavy (non-hydrogen) atoms. The first-order valence-electron chi connectivity index (χ1n) is 4.34. The molecule has 0 aromatic heterocycles. The molecule has 0 aliphatic heterocycles. The zero-order chi connectivity index (χ0) is 12.2. The lowest BCUT2D eigenvalue weighted by molar-refractivity contribution is 0.114. The Kier molecular flexibility index (Phi) is 4.02. The fourth-order valence-corrected chi connectivity index (χ4v) is 1.31. The number of ether oxygens (including phenoxy) is 1. The van der Waals surface area contributed by atoms with E-state index in [9.17, 15) is 8.78 Å². The Hall–Kier alpha value is -1.41. The lowest BCUT2D eigenvalue weighted by Crippen LogP contribution is -2.04. The third kappa shape index (κ3) is 3.04. The lowest BCUT2D eigenvalue weighted by atomic mass is 10.1. The van der Waals surface area contributed by atoms with Gasteiger partial charge >= 0.3 is 4.83 Å². The molecule has 0 N–H and O–H groups in total. The van der Waals surface area contributed by atoms with E-state index in [1.807, 2.05) is 6.07 Å². The van der Waals surface area contributed by atoms with Gasteiger partial charge in [-0.25, -0.2) is 0 Å². The van der Waals surface area contributed by atoms with Crippen molar-refractivity contribution in [2.75, 3.05) is 6.61 Å². The fourth-order valence-electron chi connectivity index (χ4n) is 1.06. The van der Waals surface area contributed by atoms with E-state index in [0.29, 0.717) is 0 Å². The van der Waals surface area contributed by atoms with Gasteiger partial charge in [0.1, 0.15) is 18.4 Å². The highest BCUT2D eigenvalue weighted by atomic mass is 79.9. The second kappa shape index (κ2) is 5.08. The van der Waals surface area contributed by atoms with E-state index in [1.165, 1.54) is 18.2 Å². The number of benzene rings is 1. The van der Waals surface area contributed by atoms with Crippen molar-refractivity contribution in [2.45, 2.75) is 4.83 Å². The van der Waals surface area contributed by atoms with Crippen LogP contribution in [0.5, 0.6) is 5.75 Å². The number of alkyl halides is 3. The summed E-state index contributed by atoms with van der Waals surface area (Å²) in [6, 6.07) is 5.47. The van der Waals surface area contributed by atoms with Crippen LogP contribution in [-0.4, -0.2) is 6.61 Å². The maximum absolute atomic E-state index is 13.0. The van der Waals surface area contributed by atoms with Crippen LogP contribution in [0.1, 0.15) is 11.1 Å². The minimum Gasteiger partial charge on any atom is -0.488 e. The van der Waals surface area contributed by atoms with Crippen molar-refractivity contribution in [3.8, 4) is 11.8 Å². The summed E-state index contributed by atoms with van der Waals surface area (Å²) >= 11 is 2.24. The Morgan fingerprint density at radius 2 is 2.25 bits per heavy atom. The highest BCUT2D eigenvalue weighted by Crippen LogP contribution is 2.36. The van der Waals surface area contributed by atoms with Crippen molar-refractivity contribution < 1.29 is 13.5 Å². The van der Waals surface area contributed by atoms with Crippen LogP contribution in [0.3, 0.4) is 0 Å². The molecule has 5 heteroatoms. The molecule has 0 atom stereocenters. The molecular formula is C11H8BrF2NO. The molecule has 0 radical (unpaired) electrons. The third-order valence-corrected chi connectivity index (χ3v) is 2.24. The van der Waals surface area contributed by atoms with E-state index in [4.69, 9.17) is 10.00 Å². The zero-order valence-corrected chi connectivity index (χ0v) is 9.80. The summed E-state index contributed by atoms with van der Waals surface area (Å²) in [6.07, 6.45) is 1.47. The monoisotopic (exact) mass is 287 g/mol. The average molecular weight is 288 g/mol. The van der Waals surface area contributed by atoms with Crippen LogP contribution >= 0.6 is 15.9 Å². The van der Waals surface area contributed by atoms with Gasteiger partial charge in [0.25, 0.3) is 0 Å². The van der Waals surface area contributed by atoms with Crippen molar-refractivity contribution >= 4 is 15.9 Å². The van der Waals surface area contributed by atoms with Gasteiger partial charge in [-0.1, -0.05) is 18.7 Å². The zero-order valence-electron chi connectivity index (χ0n) is 8.21. The Morgan fingerprint density at radius 1 is 1.56 bits per heavy atom. The van der Waals surface area contributed by atoms with Gasteiger partial charge in [-0.05, 0) is 28.1 Å². The summed E-state index contributed by atoms with van der Waals surface area (Å²) in [6.45, 7) is 3.60. The van der Waals surface area contributed by atoms with Gasteiger partial charge in [0, 0.05) is 5.56 Å². The predicted octanol–water partition coefficient (Wildman–Crippen LogP) is 3.57. The number of rotatable bonds is 4. The summed E-state index contributed by atoms with van der Waals surface area (Å²) in [5, 5.41) is 8.76. The van der Waals surface area contributed by atoms with Gasteiger partial charge in [-0.15, -0.1) is 0 Å². The maximum Gasteiger partial charge on any atom is 0.326 e. The average Bonchev–Trinajstić information content (AvgIpc) is 2.24. The predicted molar refractivity (Wildman–Crippen MR) is 59.7 cm³/mol. The molecule has 0 bridgehead atoms. The maximum atomic E-state index is 13.0. The van der Waals surface area contributed by atoms with Gasteiger partial charge in [0.05, 0.1) is 5.56 Å². The topological polar surface area (TPSA) is 33.0 Å². The third-order valence-electron chi connectivity index (χ3n) is 1.79. The van der Waals surface area contributed by atoms with Crippen molar-refractivity contribution in [2.24, 2.45) is 0 Å². The highest BCUT2D eigenvalue weighted by molar-refractivity contribution is 9.09. The van der Waals surface area contributed by atoms with Crippen LogP contribution in [0.4, 0.5) is 8.78 Å². The molecule has 0 aliphatic carbocycles. The number of nitrogens with zero attached hydrogens (tertiary/aromatic N) is 1. The highest BCUT2D eigenvalue weighted by Gasteiger charge is 2.27. The molecule has 0 saturated carbocycles. The molecule has 1 aromatic carbocycles. The summed E-state index contributed by atoms with van der Waals surface area (Å²) < 4.78 is 31.0. The SMILES string of the molecule is C=CCOc1cc(C(F)(F)Br)ccc1C#N. The molecule has 0 spiro atoms. The number of nitriles is 1. The lowest BCUT2D eigenvalue weighted by Gasteiger charge is -2.11. The van der Waals surface area contributed by atoms with Crippen LogP contribution in [0.25, 0.3) is 0 Å². The second-order valence-electron chi connectivity index (χ2n) is 2.92. The molecule has 1 aromatic rings. The largest absolute Gasteiger partial charge is 0.488 e. The molecule has 84 valence electrons. The van der Waals surface area contributed by atoms with E-state index in [-0.39, 0.29) is 23.5 Å². The molecule has 1 rings (SSSR count). The van der Waals surface area contributed by atoms with Crippen LogP contribution in [0, 0.1) is 11.3 Å². The number of halogens is 3. The second-order valence-corrected chi connectivity index (χ2v) is 3.92. The van der Waals surface area contributed by atoms with E-state index < -0.39 is 4.83 Å². The quantitative estimate of drug-likeness (QED) is 0.627. The first-order valence-corrected chi connectivity index (χ1v) is 5.13. The van der Waals surface area contributed by atoms with Crippen molar-refractivity contribution in [1.29, 1.82) is 5.26 Å². The molecule has 0 saturated heterocycles. The van der Waals surface area contributed by atoms with Gasteiger partial charge < -0.3 is 4.74 Å². The first-order chi connectivity index (χ1) is 7.49. The Labute approximate surface area is 100 Å². The first kappa shape index (κ1) is 12.7. The van der Waals surface area contributed by atoms with Gasteiger partial charge in [0.2, 0.25) is 0 Å². The van der Waals surface area contributed by atoms with Crippen LogP contribution in [0.15, 0.2) is 30.9 Å². The molecule has 0 heterocycles. The summed E-state index contributed by atoms with van der Waals surface area (Å²) in [5.41, 5.74) is -0.0482. The molecule has 0 aliphatic rings. The van der Waals surface area contributed by atoms with E-state index >= 15 is 0 Å². The Morgan fingerprint density at radius 3 is 2.75 bits per heavy atom. The summed E-state index contributed by atoms with van der Waals surface area (Å²) in [5.74, 6) is 0.124. The summed E-state index contributed by atoms with van der Waals surface area (Å²) in [7, 11) is 0. The minimum atomic E-state index is -3.13. The van der Waals surface area contributed by atoms with Gasteiger partial charge in [-0.3, -0.25) is 0 Å². The van der Waals surface area contributed by atoms with Gasteiger partial charge in [-0.2, -0.15) is 14.0 Å². The normalized spacial score (nSPS) is 10.6. The molecule has 0 amide bonds. The molecular weight excluding hydrogens is 280 g/mol.